The Balaban J connectivity index is 2.45. The highest BCUT2D eigenvalue weighted by Crippen LogP contribution is 2.24. The van der Waals surface area contributed by atoms with E-state index in [-0.39, 0.29) is 5.82 Å². The van der Waals surface area contributed by atoms with Crippen LogP contribution in [0.3, 0.4) is 0 Å². The van der Waals surface area contributed by atoms with Gasteiger partial charge in [-0.15, -0.1) is 11.8 Å². The second kappa shape index (κ2) is 7.40. The Labute approximate surface area is 113 Å². The quantitative estimate of drug-likeness (QED) is 0.766. The van der Waals surface area contributed by atoms with Crippen molar-refractivity contribution in [1.29, 1.82) is 5.26 Å². The molecule has 98 valence electrons. The van der Waals surface area contributed by atoms with Gasteiger partial charge in [0.1, 0.15) is 11.4 Å². The standard InChI is InChI=1S/C14H19FN2S/c1-3-9-17-14(2,11-16)8-10-18-13-7-5-4-6-12(13)15/h4-7,17H,3,8-10H2,1-2H3. The first-order valence-electron chi connectivity index (χ1n) is 6.15. The maximum Gasteiger partial charge on any atom is 0.136 e. The summed E-state index contributed by atoms with van der Waals surface area (Å²) < 4.78 is 13.4. The van der Waals surface area contributed by atoms with Gasteiger partial charge in [-0.25, -0.2) is 4.39 Å². The van der Waals surface area contributed by atoms with Crippen molar-refractivity contribution in [3.8, 4) is 6.07 Å². The SMILES string of the molecule is CCCNC(C)(C#N)CCSc1ccccc1F. The molecule has 18 heavy (non-hydrogen) atoms. The average Bonchev–Trinajstić information content (AvgIpc) is 2.39. The summed E-state index contributed by atoms with van der Waals surface area (Å²) in [6.45, 7) is 4.79. The monoisotopic (exact) mass is 266 g/mol. The molecule has 2 nitrogen and oxygen atoms in total. The molecule has 1 atom stereocenters. The molecule has 0 aromatic heterocycles. The lowest BCUT2D eigenvalue weighted by Gasteiger charge is -2.22. The number of benzene rings is 1. The van der Waals surface area contributed by atoms with Gasteiger partial charge in [0.2, 0.25) is 0 Å². The summed E-state index contributed by atoms with van der Waals surface area (Å²) in [5.41, 5.74) is -0.520. The van der Waals surface area contributed by atoms with E-state index in [1.165, 1.54) is 17.8 Å². The van der Waals surface area contributed by atoms with Crippen LogP contribution in [0, 0.1) is 17.1 Å². The minimum absolute atomic E-state index is 0.192. The molecule has 0 heterocycles. The lowest BCUT2D eigenvalue weighted by Crippen LogP contribution is -2.41. The fraction of sp³-hybridized carbons (Fsp3) is 0.500. The summed E-state index contributed by atoms with van der Waals surface area (Å²) in [5, 5.41) is 12.4. The van der Waals surface area contributed by atoms with Crippen molar-refractivity contribution in [1.82, 2.24) is 5.32 Å². The predicted octanol–water partition coefficient (Wildman–Crippen LogP) is 3.59. The van der Waals surface area contributed by atoms with E-state index in [0.29, 0.717) is 11.3 Å². The van der Waals surface area contributed by atoms with Crippen molar-refractivity contribution in [3.05, 3.63) is 30.1 Å². The Morgan fingerprint density at radius 2 is 2.17 bits per heavy atom. The maximum atomic E-state index is 13.4. The van der Waals surface area contributed by atoms with Gasteiger partial charge in [-0.2, -0.15) is 5.26 Å². The Hall–Kier alpha value is -1.05. The summed E-state index contributed by atoms with van der Waals surface area (Å²) in [5.74, 6) is 0.532. The first-order chi connectivity index (χ1) is 8.61. The molecule has 0 aliphatic heterocycles. The van der Waals surface area contributed by atoms with E-state index < -0.39 is 5.54 Å². The average molecular weight is 266 g/mol. The van der Waals surface area contributed by atoms with Crippen molar-refractivity contribution < 1.29 is 4.39 Å². The van der Waals surface area contributed by atoms with E-state index in [2.05, 4.69) is 18.3 Å². The molecule has 1 aromatic rings. The number of nitriles is 1. The molecule has 0 fully saturated rings. The lowest BCUT2D eigenvalue weighted by atomic mass is 10.0. The number of hydrogen-bond acceptors (Lipinski definition) is 3. The van der Waals surface area contributed by atoms with Crippen LogP contribution in [0.5, 0.6) is 0 Å². The van der Waals surface area contributed by atoms with E-state index in [0.717, 1.165) is 18.7 Å². The van der Waals surface area contributed by atoms with Gasteiger partial charge < -0.3 is 0 Å². The van der Waals surface area contributed by atoms with Crippen molar-refractivity contribution in [3.63, 3.8) is 0 Å². The van der Waals surface area contributed by atoms with Crippen molar-refractivity contribution >= 4 is 11.8 Å². The molecule has 0 radical (unpaired) electrons. The normalized spacial score (nSPS) is 13.9. The third-order valence-electron chi connectivity index (χ3n) is 2.71. The minimum atomic E-state index is -0.520. The molecule has 0 spiro atoms. The molecule has 0 saturated heterocycles. The van der Waals surface area contributed by atoms with Gasteiger partial charge in [0, 0.05) is 10.6 Å². The summed E-state index contributed by atoms with van der Waals surface area (Å²) in [6.07, 6.45) is 1.69. The molecule has 0 aliphatic rings. The van der Waals surface area contributed by atoms with Crippen LogP contribution in [0.4, 0.5) is 4.39 Å². The van der Waals surface area contributed by atoms with Gasteiger partial charge in [0.25, 0.3) is 0 Å². The van der Waals surface area contributed by atoms with Crippen molar-refractivity contribution in [2.45, 2.75) is 37.1 Å². The largest absolute Gasteiger partial charge is 0.300 e. The molecular weight excluding hydrogens is 247 g/mol. The highest BCUT2D eigenvalue weighted by molar-refractivity contribution is 7.99. The number of hydrogen-bond donors (Lipinski definition) is 1. The van der Waals surface area contributed by atoms with Crippen molar-refractivity contribution in [2.24, 2.45) is 0 Å². The molecule has 1 rings (SSSR count). The molecule has 0 bridgehead atoms. The highest BCUT2D eigenvalue weighted by atomic mass is 32.2. The topological polar surface area (TPSA) is 35.8 Å². The number of nitrogens with zero attached hydrogens (tertiary/aromatic N) is 1. The summed E-state index contributed by atoms with van der Waals surface area (Å²) >= 11 is 1.46. The van der Waals surface area contributed by atoms with E-state index >= 15 is 0 Å². The Bertz CT molecular complexity index is 417. The first kappa shape index (κ1) is 15.0. The third kappa shape index (κ3) is 4.67. The molecular formula is C14H19FN2S. The van der Waals surface area contributed by atoms with Gasteiger partial charge in [0.05, 0.1) is 6.07 Å². The Morgan fingerprint density at radius 1 is 1.44 bits per heavy atom. The van der Waals surface area contributed by atoms with Crippen LogP contribution in [0.25, 0.3) is 0 Å². The van der Waals surface area contributed by atoms with Gasteiger partial charge in [-0.3, -0.25) is 5.32 Å². The zero-order valence-corrected chi connectivity index (χ0v) is 11.7. The van der Waals surface area contributed by atoms with Crippen LogP contribution < -0.4 is 5.32 Å². The van der Waals surface area contributed by atoms with E-state index in [1.54, 1.807) is 12.1 Å². The number of thioether (sulfide) groups is 1. The van der Waals surface area contributed by atoms with Gasteiger partial charge in [-0.1, -0.05) is 19.1 Å². The van der Waals surface area contributed by atoms with E-state index in [1.807, 2.05) is 13.0 Å². The van der Waals surface area contributed by atoms with Crippen LogP contribution in [0.15, 0.2) is 29.2 Å². The molecule has 0 aliphatic carbocycles. The van der Waals surface area contributed by atoms with Crippen LogP contribution in [0.1, 0.15) is 26.7 Å². The Kier molecular flexibility index (Phi) is 6.17. The maximum absolute atomic E-state index is 13.4. The van der Waals surface area contributed by atoms with E-state index in [4.69, 9.17) is 5.26 Å². The lowest BCUT2D eigenvalue weighted by molar-refractivity contribution is 0.437. The first-order valence-corrected chi connectivity index (χ1v) is 7.13. The molecule has 1 N–H and O–H groups in total. The smallest absolute Gasteiger partial charge is 0.136 e. The number of halogens is 1. The number of rotatable bonds is 7. The van der Waals surface area contributed by atoms with Gasteiger partial charge in [-0.05, 0) is 38.4 Å². The van der Waals surface area contributed by atoms with Gasteiger partial charge >= 0.3 is 0 Å². The molecule has 1 unspecified atom stereocenters. The summed E-state index contributed by atoms with van der Waals surface area (Å²) in [4.78, 5) is 0.647. The summed E-state index contributed by atoms with van der Waals surface area (Å²) in [6, 6.07) is 9.03. The van der Waals surface area contributed by atoms with Crippen LogP contribution >= 0.6 is 11.8 Å². The van der Waals surface area contributed by atoms with Crippen molar-refractivity contribution in [2.75, 3.05) is 12.3 Å². The third-order valence-corrected chi connectivity index (χ3v) is 3.76. The number of nitrogens with one attached hydrogen (secondary N) is 1. The fourth-order valence-corrected chi connectivity index (χ4v) is 2.62. The van der Waals surface area contributed by atoms with Crippen LogP contribution in [-0.4, -0.2) is 17.8 Å². The zero-order chi connectivity index (χ0) is 13.4. The summed E-state index contributed by atoms with van der Waals surface area (Å²) in [7, 11) is 0. The predicted molar refractivity (Wildman–Crippen MR) is 74.1 cm³/mol. The highest BCUT2D eigenvalue weighted by Gasteiger charge is 2.22. The molecule has 0 amide bonds. The minimum Gasteiger partial charge on any atom is -0.300 e. The fourth-order valence-electron chi connectivity index (χ4n) is 1.51. The van der Waals surface area contributed by atoms with Crippen LogP contribution in [0.2, 0.25) is 0 Å². The Morgan fingerprint density at radius 3 is 2.78 bits per heavy atom. The molecule has 1 aromatic carbocycles. The second-order valence-corrected chi connectivity index (χ2v) is 5.54. The zero-order valence-electron chi connectivity index (χ0n) is 10.9. The van der Waals surface area contributed by atoms with Crippen LogP contribution in [-0.2, 0) is 0 Å². The molecule has 0 saturated carbocycles. The van der Waals surface area contributed by atoms with Gasteiger partial charge in [0.15, 0.2) is 0 Å². The molecule has 4 heteroatoms. The van der Waals surface area contributed by atoms with E-state index in [9.17, 15) is 4.39 Å². The second-order valence-electron chi connectivity index (χ2n) is 4.40.